The zero-order chi connectivity index (χ0) is 53.2. The molecule has 12 nitrogen and oxygen atoms in total. The minimum absolute atomic E-state index is 0.00129. The molecular weight excluding hydrogens is 1060 g/mol. The van der Waals surface area contributed by atoms with Gasteiger partial charge in [0.15, 0.2) is 0 Å². The van der Waals surface area contributed by atoms with Gasteiger partial charge in [0.25, 0.3) is 0 Å². The first kappa shape index (κ1) is 59.0. The van der Waals surface area contributed by atoms with Gasteiger partial charge in [0.1, 0.15) is 0 Å². The third kappa shape index (κ3) is 19.4. The average molecular weight is 1130 g/mol. The van der Waals surface area contributed by atoms with Crippen LogP contribution in [0.25, 0.3) is 12.2 Å². The van der Waals surface area contributed by atoms with Crippen LogP contribution in [-0.2, 0) is 23.9 Å². The first-order valence-corrected chi connectivity index (χ1v) is 27.8. The Kier molecular flexibility index (Phi) is 25.3. The first-order valence-electron chi connectivity index (χ1n) is 26.2. The molecule has 5 aromatic carbocycles. The summed E-state index contributed by atoms with van der Waals surface area (Å²) in [5.41, 5.74) is 17.4. The third-order valence-corrected chi connectivity index (χ3v) is 14.0. The number of nitrogen functional groups attached to an aromatic ring is 1. The van der Waals surface area contributed by atoms with Gasteiger partial charge in [0, 0.05) is 45.1 Å². The molecular formula is C60H75Br2N7O5. The second-order valence-corrected chi connectivity index (χ2v) is 19.9. The molecule has 4 atom stereocenters. The zero-order valence-corrected chi connectivity index (χ0v) is 46.6. The van der Waals surface area contributed by atoms with Crippen LogP contribution in [0.3, 0.4) is 0 Å². The predicted octanol–water partition coefficient (Wildman–Crippen LogP) is 12.6. The van der Waals surface area contributed by atoms with E-state index in [9.17, 15) is 19.2 Å². The lowest BCUT2D eigenvalue weighted by Crippen LogP contribution is -2.37. The molecule has 14 heteroatoms. The predicted molar refractivity (Wildman–Crippen MR) is 312 cm³/mol. The summed E-state index contributed by atoms with van der Waals surface area (Å²) in [5, 5.41) is 8.94. The summed E-state index contributed by atoms with van der Waals surface area (Å²) in [6.07, 6.45) is 15.0. The zero-order valence-electron chi connectivity index (χ0n) is 43.4. The molecule has 0 radical (unpaired) electrons. The number of nitrogens with two attached hydrogens (primary N) is 2. The molecule has 3 aliphatic rings. The summed E-state index contributed by atoms with van der Waals surface area (Å²) in [4.78, 5) is 54.9. The largest absolute Gasteiger partial charge is 0.397 e. The number of benzene rings is 5. The van der Waals surface area contributed by atoms with Gasteiger partial charge in [-0.05, 0) is 166 Å². The molecule has 3 saturated heterocycles. The standard InChI is InChI=1S/C31H33BrN4O3.C25H30BrN3O2.2C2H6/c32-23-12-14-24(15-13-23)34-31(38)27(4-3-17-36-19-26-18-25(36)20-39-26)22-10-7-21(8-11-22)9-16-30(37)35-29-6-2-1-5-28(29)33;26-21-11-13-22(14-12-21)28-25(31)23(5-4-18-29-16-2-1-3-17-29)20-9-6-19(7-10-20)8-15-24(27)30;2*1-2/h1-2,5-16,25-27H,3-4,17-20,33H2,(H,34,38)(H,35,37);6-15,23H,1-5,16-18H2,(H2,27,30)(H,28,31);2*1-2H3/b16-9+;15-8+;;. The highest BCUT2D eigenvalue weighted by Crippen LogP contribution is 2.31. The van der Waals surface area contributed by atoms with Gasteiger partial charge in [0.05, 0.1) is 35.9 Å². The Morgan fingerprint density at radius 1 is 0.649 bits per heavy atom. The van der Waals surface area contributed by atoms with Crippen LogP contribution in [0.5, 0.6) is 0 Å². The monoisotopic (exact) mass is 1130 g/mol. The molecule has 3 aliphatic heterocycles. The molecule has 4 amide bonds. The van der Waals surface area contributed by atoms with E-state index < -0.39 is 5.91 Å². The van der Waals surface area contributed by atoms with Crippen molar-refractivity contribution in [2.24, 2.45) is 5.73 Å². The van der Waals surface area contributed by atoms with Crippen LogP contribution < -0.4 is 27.4 Å². The van der Waals surface area contributed by atoms with Crippen molar-refractivity contribution in [3.05, 3.63) is 165 Å². The van der Waals surface area contributed by atoms with Gasteiger partial charge in [-0.2, -0.15) is 0 Å². The van der Waals surface area contributed by atoms with E-state index in [0.717, 1.165) is 114 Å². The van der Waals surface area contributed by atoms with Crippen molar-refractivity contribution in [3.8, 4) is 0 Å². The number of rotatable bonds is 19. The molecule has 7 N–H and O–H groups in total. The quantitative estimate of drug-likeness (QED) is 0.0402. The minimum atomic E-state index is -0.478. The molecule has 0 aromatic heterocycles. The van der Waals surface area contributed by atoms with Crippen molar-refractivity contribution < 1.29 is 23.9 Å². The van der Waals surface area contributed by atoms with Crippen LogP contribution in [0.4, 0.5) is 22.7 Å². The van der Waals surface area contributed by atoms with Gasteiger partial charge in [-0.25, -0.2) is 0 Å². The number of carbonyl (C=O) groups excluding carboxylic acids is 4. The molecule has 5 aromatic rings. The van der Waals surface area contributed by atoms with Gasteiger partial charge < -0.3 is 37.1 Å². The number of nitrogens with zero attached hydrogens (tertiary/aromatic N) is 2. The summed E-state index contributed by atoms with van der Waals surface area (Å²) in [6, 6.07) is 38.5. The SMILES string of the molecule is CC.CC.NC(=O)/C=C/c1ccc(C(CCCN2CCCCC2)C(=O)Nc2ccc(Br)cc2)cc1.Nc1ccccc1NC(=O)/C=C/c1ccc(C(CCCN2CC3CC2CO3)C(=O)Nc2ccc(Br)cc2)cc1. The fraction of sp³-hybridized carbons (Fsp3) is 0.367. The maximum Gasteiger partial charge on any atom is 0.248 e. The molecule has 0 spiro atoms. The number of halogens is 2. The van der Waals surface area contributed by atoms with E-state index in [1.165, 1.54) is 31.4 Å². The Morgan fingerprint density at radius 3 is 1.62 bits per heavy atom. The number of nitrogens with one attached hydrogen (secondary N) is 3. The highest BCUT2D eigenvalue weighted by Gasteiger charge is 2.38. The normalized spacial score (nSPS) is 16.9. The van der Waals surface area contributed by atoms with Crippen LogP contribution in [0.15, 0.2) is 142 Å². The lowest BCUT2D eigenvalue weighted by molar-refractivity contribution is -0.118. The molecule has 3 heterocycles. The number of hydrogen-bond acceptors (Lipinski definition) is 8. The molecule has 0 saturated carbocycles. The van der Waals surface area contributed by atoms with E-state index >= 15 is 0 Å². The molecule has 0 aliphatic carbocycles. The Morgan fingerprint density at radius 2 is 1.15 bits per heavy atom. The van der Waals surface area contributed by atoms with E-state index in [4.69, 9.17) is 16.2 Å². The van der Waals surface area contributed by atoms with E-state index in [-0.39, 0.29) is 29.6 Å². The number of piperidine rings is 1. The van der Waals surface area contributed by atoms with Gasteiger partial charge in [0.2, 0.25) is 23.6 Å². The van der Waals surface area contributed by atoms with Crippen molar-refractivity contribution >= 4 is 90.4 Å². The number of primary amides is 1. The summed E-state index contributed by atoms with van der Waals surface area (Å²) in [7, 11) is 0. The number of amides is 4. The number of ether oxygens (including phenoxy) is 1. The highest BCUT2D eigenvalue weighted by molar-refractivity contribution is 9.10. The van der Waals surface area contributed by atoms with Gasteiger partial charge in [-0.15, -0.1) is 0 Å². The number of anilines is 4. The smallest absolute Gasteiger partial charge is 0.248 e. The fourth-order valence-electron chi connectivity index (χ4n) is 9.19. The number of para-hydroxylation sites is 2. The summed E-state index contributed by atoms with van der Waals surface area (Å²) in [6.45, 7) is 14.1. The van der Waals surface area contributed by atoms with Gasteiger partial charge in [-0.1, -0.05) is 127 Å². The van der Waals surface area contributed by atoms with Crippen LogP contribution in [0, 0.1) is 0 Å². The Bertz CT molecular complexity index is 2570. The van der Waals surface area contributed by atoms with Crippen molar-refractivity contribution in [3.63, 3.8) is 0 Å². The number of fused-ring (bicyclic) bond motifs is 2. The Hall–Kier alpha value is -5.90. The van der Waals surface area contributed by atoms with Gasteiger partial charge in [-0.3, -0.25) is 24.1 Å². The summed E-state index contributed by atoms with van der Waals surface area (Å²) < 4.78 is 7.67. The van der Waals surface area contributed by atoms with Crippen LogP contribution in [0.1, 0.15) is 113 Å². The molecule has 3 fully saturated rings. The average Bonchev–Trinajstić information content (AvgIpc) is 4.06. The topological polar surface area (TPSA) is 172 Å². The second-order valence-electron chi connectivity index (χ2n) is 18.1. The fourth-order valence-corrected chi connectivity index (χ4v) is 9.72. The summed E-state index contributed by atoms with van der Waals surface area (Å²) in [5.74, 6) is -1.28. The van der Waals surface area contributed by atoms with Gasteiger partial charge >= 0.3 is 0 Å². The minimum Gasteiger partial charge on any atom is -0.397 e. The molecule has 394 valence electrons. The second kappa shape index (κ2) is 31.7. The molecule has 8 rings (SSSR count). The van der Waals surface area contributed by atoms with E-state index in [1.807, 2.05) is 137 Å². The maximum absolute atomic E-state index is 13.4. The number of likely N-dealkylation sites (tertiary alicyclic amines) is 2. The molecule has 2 bridgehead atoms. The van der Waals surface area contributed by atoms with Crippen LogP contribution in [0.2, 0.25) is 0 Å². The number of carbonyl (C=O) groups is 4. The van der Waals surface area contributed by atoms with Crippen molar-refractivity contribution in [1.29, 1.82) is 0 Å². The lowest BCUT2D eigenvalue weighted by atomic mass is 9.92. The van der Waals surface area contributed by atoms with Crippen molar-refractivity contribution in [2.45, 2.75) is 103 Å². The number of hydrogen-bond donors (Lipinski definition) is 5. The Balaban J connectivity index is 0.000000263. The third-order valence-electron chi connectivity index (χ3n) is 13.0. The highest BCUT2D eigenvalue weighted by atomic mass is 79.9. The van der Waals surface area contributed by atoms with E-state index in [1.54, 1.807) is 24.3 Å². The van der Waals surface area contributed by atoms with Crippen molar-refractivity contribution in [1.82, 2.24) is 9.80 Å². The Labute approximate surface area is 456 Å². The maximum atomic E-state index is 13.4. The van der Waals surface area contributed by atoms with E-state index in [0.29, 0.717) is 23.5 Å². The molecule has 4 unspecified atom stereocenters. The van der Waals surface area contributed by atoms with E-state index in [2.05, 4.69) is 57.6 Å². The summed E-state index contributed by atoms with van der Waals surface area (Å²) >= 11 is 6.87. The van der Waals surface area contributed by atoms with Crippen molar-refractivity contribution in [2.75, 3.05) is 61.0 Å². The van der Waals surface area contributed by atoms with Crippen LogP contribution in [-0.4, -0.2) is 84.9 Å². The van der Waals surface area contributed by atoms with Crippen LogP contribution >= 0.6 is 31.9 Å². The lowest BCUT2D eigenvalue weighted by Gasteiger charge is -2.27. The molecule has 74 heavy (non-hydrogen) atoms. The first-order chi connectivity index (χ1) is 35.9. The number of morpholine rings is 1.